The molecule has 1 fully saturated rings. The summed E-state index contributed by atoms with van der Waals surface area (Å²) in [6.45, 7) is 8.53. The maximum absolute atomic E-state index is 12.3. The average Bonchev–Trinajstić information content (AvgIpc) is 2.86. The summed E-state index contributed by atoms with van der Waals surface area (Å²) in [4.78, 5) is 41.5. The predicted octanol–water partition coefficient (Wildman–Crippen LogP) is 2.22. The van der Waals surface area contributed by atoms with Crippen molar-refractivity contribution in [1.82, 2.24) is 14.5 Å². The normalized spacial score (nSPS) is 17.8. The maximum Gasteiger partial charge on any atom is 0.410 e. The Balaban J connectivity index is 1.92. The highest BCUT2D eigenvalue weighted by atomic mass is 16.6. The zero-order valence-corrected chi connectivity index (χ0v) is 16.7. The molecule has 3 rings (SSSR count). The van der Waals surface area contributed by atoms with Gasteiger partial charge in [-0.15, -0.1) is 0 Å². The van der Waals surface area contributed by atoms with Crippen LogP contribution in [0.15, 0.2) is 16.9 Å². The van der Waals surface area contributed by atoms with E-state index in [0.717, 1.165) is 0 Å². The summed E-state index contributed by atoms with van der Waals surface area (Å²) in [6, 6.07) is 2.89. The van der Waals surface area contributed by atoms with Crippen LogP contribution >= 0.6 is 0 Å². The number of aryl methyl sites for hydroxylation is 1. The van der Waals surface area contributed by atoms with Crippen molar-refractivity contribution in [2.24, 2.45) is 7.05 Å². The third-order valence-corrected chi connectivity index (χ3v) is 4.79. The molecule has 0 aliphatic carbocycles. The van der Waals surface area contributed by atoms with E-state index in [1.807, 2.05) is 32.6 Å². The molecular formula is C18H25N5O5. The van der Waals surface area contributed by atoms with Gasteiger partial charge in [-0.25, -0.2) is 9.59 Å². The van der Waals surface area contributed by atoms with Gasteiger partial charge in [0, 0.05) is 38.8 Å². The highest BCUT2D eigenvalue weighted by Crippen LogP contribution is 2.34. The van der Waals surface area contributed by atoms with Gasteiger partial charge in [-0.1, -0.05) is 0 Å². The minimum atomic E-state index is -0.583. The van der Waals surface area contributed by atoms with E-state index in [4.69, 9.17) is 4.74 Å². The third-order valence-electron chi connectivity index (χ3n) is 4.79. The van der Waals surface area contributed by atoms with E-state index in [9.17, 15) is 19.7 Å². The molecule has 1 atom stereocenters. The fourth-order valence-electron chi connectivity index (χ4n) is 3.44. The molecule has 10 nitrogen and oxygen atoms in total. The van der Waals surface area contributed by atoms with Crippen LogP contribution in [0.2, 0.25) is 0 Å². The van der Waals surface area contributed by atoms with Crippen LogP contribution in [0.25, 0.3) is 11.0 Å². The number of piperazine rings is 1. The lowest BCUT2D eigenvalue weighted by Crippen LogP contribution is -2.54. The lowest BCUT2D eigenvalue weighted by Gasteiger charge is -2.41. The number of hydrogen-bond acceptors (Lipinski definition) is 6. The quantitative estimate of drug-likeness (QED) is 0.620. The van der Waals surface area contributed by atoms with Crippen LogP contribution in [0.3, 0.4) is 0 Å². The van der Waals surface area contributed by atoms with Crippen molar-refractivity contribution >= 4 is 28.5 Å². The number of nitrogens with one attached hydrogen (secondary N) is 1. The van der Waals surface area contributed by atoms with Crippen LogP contribution in [0.1, 0.15) is 27.7 Å². The third kappa shape index (κ3) is 3.67. The van der Waals surface area contributed by atoms with Crippen LogP contribution in [0.5, 0.6) is 0 Å². The highest BCUT2D eigenvalue weighted by Gasteiger charge is 2.33. The first-order valence-corrected chi connectivity index (χ1v) is 9.09. The Morgan fingerprint density at radius 3 is 2.57 bits per heavy atom. The first-order chi connectivity index (χ1) is 13.0. The molecule has 2 aromatic rings. The Labute approximate surface area is 161 Å². The number of nitrogens with zero attached hydrogens (tertiary/aromatic N) is 4. The van der Waals surface area contributed by atoms with Gasteiger partial charge in [-0.05, 0) is 33.8 Å². The minimum absolute atomic E-state index is 0.0769. The summed E-state index contributed by atoms with van der Waals surface area (Å²) >= 11 is 0. The highest BCUT2D eigenvalue weighted by molar-refractivity contribution is 5.86. The first-order valence-electron chi connectivity index (χ1n) is 9.09. The molecule has 2 heterocycles. The van der Waals surface area contributed by atoms with Crippen molar-refractivity contribution < 1.29 is 14.5 Å². The van der Waals surface area contributed by atoms with Crippen molar-refractivity contribution in [3.63, 3.8) is 0 Å². The molecule has 10 heteroatoms. The molecular weight excluding hydrogens is 366 g/mol. The van der Waals surface area contributed by atoms with Crippen LogP contribution in [0.4, 0.5) is 16.2 Å². The smallest absolute Gasteiger partial charge is 0.410 e. The molecule has 1 saturated heterocycles. The average molecular weight is 391 g/mol. The molecule has 152 valence electrons. The zero-order chi connectivity index (χ0) is 20.8. The molecule has 1 aliphatic rings. The van der Waals surface area contributed by atoms with Crippen molar-refractivity contribution in [2.45, 2.75) is 39.3 Å². The molecule has 28 heavy (non-hydrogen) atoms. The molecule has 0 bridgehead atoms. The van der Waals surface area contributed by atoms with Gasteiger partial charge in [0.1, 0.15) is 11.3 Å². The van der Waals surface area contributed by atoms with Crippen LogP contribution in [-0.2, 0) is 11.8 Å². The topological polar surface area (TPSA) is 114 Å². The Morgan fingerprint density at radius 2 is 2.00 bits per heavy atom. The number of carbonyl (C=O) groups is 1. The molecule has 0 saturated carbocycles. The minimum Gasteiger partial charge on any atom is -0.444 e. The summed E-state index contributed by atoms with van der Waals surface area (Å²) in [6.07, 6.45) is -0.392. The Hall–Kier alpha value is -3.04. The number of benzene rings is 1. The van der Waals surface area contributed by atoms with Gasteiger partial charge in [0.2, 0.25) is 0 Å². The van der Waals surface area contributed by atoms with Crippen LogP contribution in [0, 0.1) is 10.1 Å². The number of aromatic amines is 1. The number of fused-ring (bicyclic) bond motifs is 1. The molecule has 1 aromatic carbocycles. The summed E-state index contributed by atoms with van der Waals surface area (Å²) in [5.74, 6) is 0. The zero-order valence-electron chi connectivity index (χ0n) is 16.7. The fraction of sp³-hybridized carbons (Fsp3) is 0.556. The van der Waals surface area contributed by atoms with E-state index < -0.39 is 16.6 Å². The number of anilines is 1. The van der Waals surface area contributed by atoms with Gasteiger partial charge >= 0.3 is 11.8 Å². The Morgan fingerprint density at radius 1 is 1.32 bits per heavy atom. The SMILES string of the molecule is C[C@@H]1CN(C(=O)OC(C)(C)C)CCN1c1cc2c(cc1[N+](=O)[O-])[nH]c(=O)n2C. The molecule has 1 aliphatic heterocycles. The standard InChI is InChI=1S/C18H25N5O5/c1-11-10-21(17(25)28-18(2,3)4)6-7-22(11)14-9-13-12(8-15(14)23(26)27)19-16(24)20(13)5/h8-9,11H,6-7,10H2,1-5H3,(H,19,24)/t11-/m1/s1. The lowest BCUT2D eigenvalue weighted by atomic mass is 10.1. The number of rotatable bonds is 2. The van der Waals surface area contributed by atoms with E-state index in [-0.39, 0.29) is 17.4 Å². The number of imidazole rings is 1. The molecule has 0 spiro atoms. The second-order valence-electron chi connectivity index (χ2n) is 8.07. The van der Waals surface area contributed by atoms with Crippen molar-refractivity contribution in [3.8, 4) is 0 Å². The number of hydrogen-bond donors (Lipinski definition) is 1. The first kappa shape index (κ1) is 19.7. The number of ether oxygens (including phenoxy) is 1. The van der Waals surface area contributed by atoms with Gasteiger partial charge in [-0.3, -0.25) is 14.7 Å². The molecule has 1 aromatic heterocycles. The fourth-order valence-corrected chi connectivity index (χ4v) is 3.44. The van der Waals surface area contributed by atoms with E-state index in [1.54, 1.807) is 18.0 Å². The summed E-state index contributed by atoms with van der Waals surface area (Å²) in [5.41, 5.74) is 0.454. The summed E-state index contributed by atoms with van der Waals surface area (Å²) < 4.78 is 6.84. The number of amides is 1. The van der Waals surface area contributed by atoms with Crippen molar-refractivity contribution in [2.75, 3.05) is 24.5 Å². The van der Waals surface area contributed by atoms with Crippen LogP contribution in [-0.4, -0.2) is 56.7 Å². The van der Waals surface area contributed by atoms with Gasteiger partial charge < -0.3 is 19.5 Å². The number of nitro benzene ring substituents is 1. The second-order valence-corrected chi connectivity index (χ2v) is 8.07. The van der Waals surface area contributed by atoms with E-state index in [0.29, 0.717) is 36.4 Å². The van der Waals surface area contributed by atoms with E-state index >= 15 is 0 Å². The predicted molar refractivity (Wildman–Crippen MR) is 105 cm³/mol. The van der Waals surface area contributed by atoms with Crippen molar-refractivity contribution in [1.29, 1.82) is 0 Å². The molecule has 1 amide bonds. The maximum atomic E-state index is 12.3. The Bertz CT molecular complexity index is 987. The molecule has 0 radical (unpaired) electrons. The van der Waals surface area contributed by atoms with E-state index in [2.05, 4.69) is 4.98 Å². The number of aromatic nitrogens is 2. The molecule has 1 N–H and O–H groups in total. The van der Waals surface area contributed by atoms with Gasteiger partial charge in [0.25, 0.3) is 5.69 Å². The second kappa shape index (κ2) is 6.84. The van der Waals surface area contributed by atoms with Gasteiger partial charge in [-0.2, -0.15) is 0 Å². The van der Waals surface area contributed by atoms with E-state index in [1.165, 1.54) is 10.6 Å². The number of nitro groups is 1. The van der Waals surface area contributed by atoms with Crippen LogP contribution < -0.4 is 10.6 Å². The monoisotopic (exact) mass is 391 g/mol. The number of H-pyrrole nitrogens is 1. The van der Waals surface area contributed by atoms with Crippen molar-refractivity contribution in [3.05, 3.63) is 32.7 Å². The lowest BCUT2D eigenvalue weighted by molar-refractivity contribution is -0.384. The summed E-state index contributed by atoms with van der Waals surface area (Å²) in [7, 11) is 1.61. The summed E-state index contributed by atoms with van der Waals surface area (Å²) in [5, 5.41) is 11.6. The molecule has 0 unspecified atom stereocenters. The Kier molecular flexibility index (Phi) is 4.82. The largest absolute Gasteiger partial charge is 0.444 e. The van der Waals surface area contributed by atoms with Gasteiger partial charge in [0.05, 0.1) is 16.0 Å². The number of carbonyl (C=O) groups excluding carboxylic acids is 1. The van der Waals surface area contributed by atoms with Gasteiger partial charge in [0.15, 0.2) is 0 Å².